The number of phenols is 1. The second kappa shape index (κ2) is 9.56. The summed E-state index contributed by atoms with van der Waals surface area (Å²) >= 11 is 1.18. The lowest BCUT2D eigenvalue weighted by atomic mass is 9.95. The van der Waals surface area contributed by atoms with E-state index in [2.05, 4.69) is 4.99 Å². The van der Waals surface area contributed by atoms with E-state index < -0.39 is 12.0 Å². The molecule has 3 aromatic rings. The quantitative estimate of drug-likeness (QED) is 0.545. The van der Waals surface area contributed by atoms with Gasteiger partial charge in [0.25, 0.3) is 5.56 Å². The van der Waals surface area contributed by atoms with Crippen LogP contribution in [0, 0.1) is 0 Å². The molecule has 9 heteroatoms. The van der Waals surface area contributed by atoms with Crippen molar-refractivity contribution >= 4 is 23.4 Å². The van der Waals surface area contributed by atoms with Crippen LogP contribution in [-0.2, 0) is 9.53 Å². The molecule has 0 spiro atoms. The third-order valence-electron chi connectivity index (χ3n) is 5.48. The number of hydrogen-bond donors (Lipinski definition) is 1. The molecule has 2 aromatic carbocycles. The maximum absolute atomic E-state index is 13.6. The van der Waals surface area contributed by atoms with Crippen LogP contribution in [0.1, 0.15) is 31.0 Å². The molecule has 0 radical (unpaired) electrons. The molecule has 0 saturated carbocycles. The number of aromatic nitrogens is 1. The third kappa shape index (κ3) is 4.10. The van der Waals surface area contributed by atoms with Gasteiger partial charge in [0, 0.05) is 17.2 Å². The first-order valence-corrected chi connectivity index (χ1v) is 11.4. The lowest BCUT2D eigenvalue weighted by Gasteiger charge is -2.26. The van der Waals surface area contributed by atoms with Crippen LogP contribution in [0.2, 0.25) is 0 Å². The number of phenolic OH excluding ortho intramolecular Hbond substituents is 1. The van der Waals surface area contributed by atoms with Gasteiger partial charge >= 0.3 is 5.97 Å². The van der Waals surface area contributed by atoms with Crippen LogP contribution >= 0.6 is 11.3 Å². The molecule has 2 heterocycles. The fourth-order valence-electron chi connectivity index (χ4n) is 3.88. The Bertz CT molecular complexity index is 1470. The van der Waals surface area contributed by atoms with Crippen LogP contribution < -0.4 is 24.4 Å². The molecule has 1 atom stereocenters. The van der Waals surface area contributed by atoms with Crippen LogP contribution in [-0.4, -0.2) is 36.5 Å². The van der Waals surface area contributed by atoms with Gasteiger partial charge in [0.1, 0.15) is 23.3 Å². The van der Waals surface area contributed by atoms with Crippen molar-refractivity contribution in [3.63, 3.8) is 0 Å². The number of carbonyl (C=O) groups excluding carboxylic acids is 1. The Hall–Kier alpha value is -3.85. The monoisotopic (exact) mass is 480 g/mol. The molecule has 34 heavy (non-hydrogen) atoms. The predicted molar refractivity (Wildman–Crippen MR) is 128 cm³/mol. The highest BCUT2D eigenvalue weighted by atomic mass is 32.1. The van der Waals surface area contributed by atoms with Crippen molar-refractivity contribution in [2.24, 2.45) is 4.99 Å². The molecule has 0 bridgehead atoms. The van der Waals surface area contributed by atoms with Crippen LogP contribution in [0.5, 0.6) is 17.2 Å². The van der Waals surface area contributed by atoms with Crippen molar-refractivity contribution in [2.75, 3.05) is 20.8 Å². The molecule has 0 fully saturated rings. The zero-order chi connectivity index (χ0) is 24.4. The second-order valence-corrected chi connectivity index (χ2v) is 8.48. The van der Waals surface area contributed by atoms with Gasteiger partial charge in [-0.25, -0.2) is 9.79 Å². The summed E-state index contributed by atoms with van der Waals surface area (Å²) in [6.45, 7) is 3.62. The average Bonchev–Trinajstić information content (AvgIpc) is 3.13. The molecule has 1 N–H and O–H groups in total. The first-order valence-electron chi connectivity index (χ1n) is 10.6. The first kappa shape index (κ1) is 23.3. The summed E-state index contributed by atoms with van der Waals surface area (Å²) in [6, 6.07) is 11.1. The Balaban J connectivity index is 2.01. The zero-order valence-corrected chi connectivity index (χ0v) is 20.0. The molecule has 0 amide bonds. The SMILES string of the molecule is CCOC(=O)C1=C(C)N=c2s/c(=C\c3ccccc3O)c(=O)n2[C@@H]1c1ccc(OC)cc1OC. The molecular formula is C25H24N2O6S. The molecule has 0 aliphatic carbocycles. The number of carbonyl (C=O) groups is 1. The van der Waals surface area contributed by atoms with Crippen LogP contribution in [0.15, 0.2) is 63.5 Å². The number of para-hydroxylation sites is 1. The van der Waals surface area contributed by atoms with E-state index in [4.69, 9.17) is 14.2 Å². The number of thiazole rings is 1. The number of allylic oxidation sites excluding steroid dienone is 1. The van der Waals surface area contributed by atoms with Gasteiger partial charge in [-0.1, -0.05) is 29.5 Å². The number of fused-ring (bicyclic) bond motifs is 1. The highest BCUT2D eigenvalue weighted by molar-refractivity contribution is 7.07. The number of methoxy groups -OCH3 is 2. The van der Waals surface area contributed by atoms with Crippen molar-refractivity contribution in [1.29, 1.82) is 0 Å². The summed E-state index contributed by atoms with van der Waals surface area (Å²) in [5.41, 5.74) is 1.47. The number of benzene rings is 2. The number of aromatic hydroxyl groups is 1. The average molecular weight is 481 g/mol. The summed E-state index contributed by atoms with van der Waals surface area (Å²) in [6.07, 6.45) is 1.62. The largest absolute Gasteiger partial charge is 0.507 e. The van der Waals surface area contributed by atoms with Gasteiger partial charge in [-0.15, -0.1) is 0 Å². The van der Waals surface area contributed by atoms with Crippen molar-refractivity contribution in [1.82, 2.24) is 4.57 Å². The number of esters is 1. The standard InChI is InChI=1S/C25H24N2O6S/c1-5-33-24(30)21-14(2)26-25-27(22(21)17-11-10-16(31-3)13-19(17)32-4)23(29)20(34-25)12-15-8-6-7-9-18(15)28/h6-13,22,28H,5H2,1-4H3/b20-12-/t22-/m1/s1. The Labute approximate surface area is 199 Å². The minimum Gasteiger partial charge on any atom is -0.507 e. The Kier molecular flexibility index (Phi) is 6.56. The maximum atomic E-state index is 13.6. The molecule has 1 aliphatic rings. The van der Waals surface area contributed by atoms with Gasteiger partial charge in [0.05, 0.1) is 36.6 Å². The van der Waals surface area contributed by atoms with Crippen LogP contribution in [0.25, 0.3) is 6.08 Å². The fourth-order valence-corrected chi connectivity index (χ4v) is 4.92. The second-order valence-electron chi connectivity index (χ2n) is 7.47. The summed E-state index contributed by atoms with van der Waals surface area (Å²) < 4.78 is 18.1. The van der Waals surface area contributed by atoms with E-state index in [9.17, 15) is 14.7 Å². The van der Waals surface area contributed by atoms with Crippen LogP contribution in [0.4, 0.5) is 0 Å². The lowest BCUT2D eigenvalue weighted by molar-refractivity contribution is -0.139. The van der Waals surface area contributed by atoms with E-state index in [1.54, 1.807) is 69.5 Å². The normalized spacial score (nSPS) is 15.5. The van der Waals surface area contributed by atoms with Crippen LogP contribution in [0.3, 0.4) is 0 Å². The first-order chi connectivity index (χ1) is 16.4. The van der Waals surface area contributed by atoms with Crippen molar-refractivity contribution in [3.05, 3.63) is 84.5 Å². The smallest absolute Gasteiger partial charge is 0.338 e. The third-order valence-corrected chi connectivity index (χ3v) is 6.46. The number of rotatable bonds is 6. The highest BCUT2D eigenvalue weighted by Gasteiger charge is 2.35. The molecular weight excluding hydrogens is 456 g/mol. The van der Waals surface area contributed by atoms with Gasteiger partial charge < -0.3 is 19.3 Å². The Morgan fingerprint density at radius 2 is 1.97 bits per heavy atom. The van der Waals surface area contributed by atoms with Crippen molar-refractivity contribution in [3.8, 4) is 17.2 Å². The van der Waals surface area contributed by atoms with E-state index in [0.717, 1.165) is 0 Å². The van der Waals surface area contributed by atoms with Gasteiger partial charge in [-0.3, -0.25) is 9.36 Å². The van der Waals surface area contributed by atoms with Crippen molar-refractivity contribution < 1.29 is 24.1 Å². The predicted octanol–water partition coefficient (Wildman–Crippen LogP) is 2.52. The fraction of sp³-hybridized carbons (Fsp3) is 0.240. The molecule has 4 rings (SSSR count). The van der Waals surface area contributed by atoms with Gasteiger partial charge in [-0.2, -0.15) is 0 Å². The van der Waals surface area contributed by atoms with Gasteiger partial charge in [-0.05, 0) is 38.1 Å². The van der Waals surface area contributed by atoms with E-state index in [1.807, 2.05) is 0 Å². The van der Waals surface area contributed by atoms with E-state index >= 15 is 0 Å². The summed E-state index contributed by atoms with van der Waals surface area (Å²) in [4.78, 5) is 31.6. The minimum atomic E-state index is -0.817. The Morgan fingerprint density at radius 3 is 2.65 bits per heavy atom. The minimum absolute atomic E-state index is 0.0603. The molecule has 1 aliphatic heterocycles. The topological polar surface area (TPSA) is 99.4 Å². The number of hydrogen-bond acceptors (Lipinski definition) is 8. The lowest BCUT2D eigenvalue weighted by Crippen LogP contribution is -2.40. The molecule has 0 unspecified atom stereocenters. The van der Waals surface area contributed by atoms with E-state index in [1.165, 1.54) is 23.0 Å². The van der Waals surface area contributed by atoms with Crippen molar-refractivity contribution in [2.45, 2.75) is 19.9 Å². The number of nitrogens with zero attached hydrogens (tertiary/aromatic N) is 2. The summed E-state index contributed by atoms with van der Waals surface area (Å²) in [5, 5.41) is 10.2. The zero-order valence-electron chi connectivity index (χ0n) is 19.2. The molecule has 8 nitrogen and oxygen atoms in total. The van der Waals surface area contributed by atoms with Gasteiger partial charge in [0.15, 0.2) is 4.80 Å². The van der Waals surface area contributed by atoms with E-state index in [0.29, 0.717) is 37.7 Å². The molecule has 176 valence electrons. The highest BCUT2D eigenvalue weighted by Crippen LogP contribution is 2.37. The maximum Gasteiger partial charge on any atom is 0.338 e. The Morgan fingerprint density at radius 1 is 1.21 bits per heavy atom. The summed E-state index contributed by atoms with van der Waals surface area (Å²) in [5.74, 6) is 0.536. The van der Waals surface area contributed by atoms with Gasteiger partial charge in [0.2, 0.25) is 0 Å². The summed E-state index contributed by atoms with van der Waals surface area (Å²) in [7, 11) is 3.06. The molecule has 0 saturated heterocycles. The number of ether oxygens (including phenoxy) is 3. The molecule has 1 aromatic heterocycles. The van der Waals surface area contributed by atoms with E-state index in [-0.39, 0.29) is 23.5 Å².